The molecule has 0 amide bonds. The Morgan fingerprint density at radius 1 is 1.42 bits per heavy atom. The topological polar surface area (TPSA) is 27.7 Å². The number of hydrogen-bond acceptors (Lipinski definition) is 3. The van der Waals surface area contributed by atoms with Crippen molar-refractivity contribution in [3.05, 3.63) is 23.8 Å². The van der Waals surface area contributed by atoms with Crippen molar-refractivity contribution in [3.8, 4) is 11.5 Å². The van der Waals surface area contributed by atoms with Crippen LogP contribution in [0.2, 0.25) is 0 Å². The van der Waals surface area contributed by atoms with Gasteiger partial charge in [-0.2, -0.15) is 0 Å². The smallest absolute Gasteiger partial charge is 0.127 e. The van der Waals surface area contributed by atoms with Gasteiger partial charge in [0.2, 0.25) is 0 Å². The average molecular weight is 285 g/mol. The Hall–Kier alpha value is -0.930. The number of benzene rings is 1. The molecule has 0 N–H and O–H groups in total. The van der Waals surface area contributed by atoms with Gasteiger partial charge in [-0.15, -0.1) is 11.6 Å². The van der Waals surface area contributed by atoms with E-state index in [0.717, 1.165) is 36.5 Å². The van der Waals surface area contributed by atoms with Crippen LogP contribution in [0.15, 0.2) is 18.2 Å². The lowest BCUT2D eigenvalue weighted by Gasteiger charge is -2.13. The van der Waals surface area contributed by atoms with Gasteiger partial charge in [-0.3, -0.25) is 0 Å². The van der Waals surface area contributed by atoms with Crippen molar-refractivity contribution in [2.75, 3.05) is 20.3 Å². The Morgan fingerprint density at radius 2 is 2.32 bits per heavy atom. The number of alkyl halides is 1. The van der Waals surface area contributed by atoms with E-state index < -0.39 is 0 Å². The zero-order chi connectivity index (χ0) is 13.5. The molecule has 0 saturated carbocycles. The van der Waals surface area contributed by atoms with E-state index >= 15 is 0 Å². The molecule has 1 aliphatic heterocycles. The van der Waals surface area contributed by atoms with Gasteiger partial charge in [0.1, 0.15) is 11.5 Å². The van der Waals surface area contributed by atoms with Crippen molar-refractivity contribution < 1.29 is 14.2 Å². The Balaban J connectivity index is 1.80. The van der Waals surface area contributed by atoms with Crippen molar-refractivity contribution in [1.29, 1.82) is 0 Å². The number of ether oxygens (including phenoxy) is 3. The quantitative estimate of drug-likeness (QED) is 0.563. The summed E-state index contributed by atoms with van der Waals surface area (Å²) in [5, 5.41) is 0. The Labute approximate surface area is 119 Å². The first-order chi connectivity index (χ1) is 9.33. The maximum atomic E-state index is 5.90. The minimum Gasteiger partial charge on any atom is -0.497 e. The lowest BCUT2D eigenvalue weighted by Crippen LogP contribution is -2.08. The van der Waals surface area contributed by atoms with Crippen LogP contribution in [0.4, 0.5) is 0 Å². The molecule has 1 saturated heterocycles. The Bertz CT molecular complexity index is 389. The highest BCUT2D eigenvalue weighted by molar-refractivity contribution is 6.17. The zero-order valence-corrected chi connectivity index (χ0v) is 12.1. The van der Waals surface area contributed by atoms with Crippen molar-refractivity contribution >= 4 is 11.6 Å². The van der Waals surface area contributed by atoms with Crippen molar-refractivity contribution in [2.24, 2.45) is 0 Å². The summed E-state index contributed by atoms with van der Waals surface area (Å²) in [7, 11) is 1.65. The number of rotatable bonds is 7. The molecule has 4 heteroatoms. The van der Waals surface area contributed by atoms with Crippen LogP contribution in [0.25, 0.3) is 0 Å². The molecule has 3 nitrogen and oxygen atoms in total. The Morgan fingerprint density at radius 3 is 3.00 bits per heavy atom. The summed E-state index contributed by atoms with van der Waals surface area (Å²) in [4.78, 5) is 0. The minimum atomic E-state index is 0.432. The van der Waals surface area contributed by atoms with Gasteiger partial charge in [-0.25, -0.2) is 0 Å². The molecule has 0 bridgehead atoms. The van der Waals surface area contributed by atoms with E-state index in [1.165, 1.54) is 12.8 Å². The van der Waals surface area contributed by atoms with E-state index in [1.807, 2.05) is 18.2 Å². The summed E-state index contributed by atoms with van der Waals surface area (Å²) in [6.07, 6.45) is 4.88. The minimum absolute atomic E-state index is 0.432. The maximum Gasteiger partial charge on any atom is 0.127 e. The molecule has 0 aromatic heterocycles. The van der Waals surface area contributed by atoms with Gasteiger partial charge in [-0.1, -0.05) is 6.07 Å². The van der Waals surface area contributed by atoms with E-state index in [1.54, 1.807) is 7.11 Å². The first-order valence-electron chi connectivity index (χ1n) is 6.80. The third-order valence-corrected chi connectivity index (χ3v) is 3.66. The number of hydrogen-bond donors (Lipinski definition) is 0. The normalized spacial score (nSPS) is 18.5. The van der Waals surface area contributed by atoms with E-state index in [9.17, 15) is 0 Å². The monoisotopic (exact) mass is 284 g/mol. The van der Waals surface area contributed by atoms with Crippen LogP contribution >= 0.6 is 11.6 Å². The van der Waals surface area contributed by atoms with Crippen LogP contribution in [0.3, 0.4) is 0 Å². The molecule has 1 atom stereocenters. The molecule has 1 aromatic carbocycles. The van der Waals surface area contributed by atoms with Gasteiger partial charge >= 0.3 is 0 Å². The third kappa shape index (κ3) is 4.29. The average Bonchev–Trinajstić information content (AvgIpc) is 2.96. The van der Waals surface area contributed by atoms with Crippen LogP contribution in [0.5, 0.6) is 11.5 Å². The fourth-order valence-electron chi connectivity index (χ4n) is 2.27. The second-order valence-corrected chi connectivity index (χ2v) is 5.00. The second-order valence-electron chi connectivity index (χ2n) is 4.73. The SMILES string of the molecule is COc1ccc(CCl)c(OCCCC2CCCO2)c1. The molecule has 1 fully saturated rings. The van der Waals surface area contributed by atoms with E-state index in [2.05, 4.69) is 0 Å². The summed E-state index contributed by atoms with van der Waals surface area (Å²) in [6.45, 7) is 1.61. The fourth-order valence-corrected chi connectivity index (χ4v) is 2.49. The molecule has 1 aliphatic rings. The summed E-state index contributed by atoms with van der Waals surface area (Å²) < 4.78 is 16.6. The van der Waals surface area contributed by atoms with Gasteiger partial charge in [0, 0.05) is 18.2 Å². The van der Waals surface area contributed by atoms with Crippen LogP contribution in [0.1, 0.15) is 31.2 Å². The van der Waals surface area contributed by atoms with Crippen LogP contribution in [-0.4, -0.2) is 26.4 Å². The predicted octanol–water partition coefficient (Wildman–Crippen LogP) is 3.77. The second kappa shape index (κ2) is 7.61. The molecular weight excluding hydrogens is 264 g/mol. The lowest BCUT2D eigenvalue weighted by atomic mass is 10.1. The van der Waals surface area contributed by atoms with E-state index in [4.69, 9.17) is 25.8 Å². The molecule has 1 aromatic rings. The van der Waals surface area contributed by atoms with Gasteiger partial charge in [0.25, 0.3) is 0 Å². The van der Waals surface area contributed by atoms with Crippen LogP contribution in [0, 0.1) is 0 Å². The molecule has 106 valence electrons. The third-order valence-electron chi connectivity index (χ3n) is 3.37. The molecule has 19 heavy (non-hydrogen) atoms. The summed E-state index contributed by atoms with van der Waals surface area (Å²) >= 11 is 5.90. The van der Waals surface area contributed by atoms with Gasteiger partial charge in [0.05, 0.1) is 25.7 Å². The van der Waals surface area contributed by atoms with E-state index in [-0.39, 0.29) is 0 Å². The number of halogens is 1. The van der Waals surface area contributed by atoms with Gasteiger partial charge < -0.3 is 14.2 Å². The number of methoxy groups -OCH3 is 1. The lowest BCUT2D eigenvalue weighted by molar-refractivity contribution is 0.0981. The maximum absolute atomic E-state index is 5.90. The summed E-state index contributed by atoms with van der Waals surface area (Å²) in [5.74, 6) is 2.06. The Kier molecular flexibility index (Phi) is 5.80. The van der Waals surface area contributed by atoms with Crippen molar-refractivity contribution in [2.45, 2.75) is 37.7 Å². The molecular formula is C15H21ClO3. The molecule has 1 heterocycles. The summed E-state index contributed by atoms with van der Waals surface area (Å²) in [6, 6.07) is 5.74. The standard InChI is InChI=1S/C15H21ClO3/c1-17-14-7-6-12(11-16)15(10-14)19-9-3-5-13-4-2-8-18-13/h6-7,10,13H,2-5,8-9,11H2,1H3. The highest BCUT2D eigenvalue weighted by atomic mass is 35.5. The highest BCUT2D eigenvalue weighted by Crippen LogP contribution is 2.26. The largest absolute Gasteiger partial charge is 0.497 e. The van der Waals surface area contributed by atoms with Crippen molar-refractivity contribution in [1.82, 2.24) is 0 Å². The molecule has 2 rings (SSSR count). The fraction of sp³-hybridized carbons (Fsp3) is 0.600. The highest BCUT2D eigenvalue weighted by Gasteiger charge is 2.14. The van der Waals surface area contributed by atoms with Crippen LogP contribution < -0.4 is 9.47 Å². The first kappa shape index (κ1) is 14.5. The molecule has 0 aliphatic carbocycles. The van der Waals surface area contributed by atoms with Gasteiger partial charge in [-0.05, 0) is 31.7 Å². The molecule has 0 radical (unpaired) electrons. The van der Waals surface area contributed by atoms with Crippen LogP contribution in [-0.2, 0) is 10.6 Å². The van der Waals surface area contributed by atoms with E-state index in [0.29, 0.717) is 18.6 Å². The van der Waals surface area contributed by atoms with Gasteiger partial charge in [0.15, 0.2) is 0 Å². The molecule has 1 unspecified atom stereocenters. The summed E-state index contributed by atoms with van der Waals surface area (Å²) in [5.41, 5.74) is 1.000. The molecule has 0 spiro atoms. The zero-order valence-electron chi connectivity index (χ0n) is 11.4. The predicted molar refractivity (Wildman–Crippen MR) is 76.3 cm³/mol. The first-order valence-corrected chi connectivity index (χ1v) is 7.34. The van der Waals surface area contributed by atoms with Crippen molar-refractivity contribution in [3.63, 3.8) is 0 Å².